The molecule has 1 aliphatic heterocycles. The maximum absolute atomic E-state index is 11.3. The number of carbonyl (C=O) groups is 1. The maximum Gasteiger partial charge on any atom is 0.242 e. The fourth-order valence-electron chi connectivity index (χ4n) is 1.20. The summed E-state index contributed by atoms with van der Waals surface area (Å²) in [5.74, 6) is 0.0191. The van der Waals surface area contributed by atoms with Gasteiger partial charge in [-0.3, -0.25) is 10.1 Å². The van der Waals surface area contributed by atoms with Gasteiger partial charge in [-0.05, 0) is 6.92 Å². The number of amides is 1. The summed E-state index contributed by atoms with van der Waals surface area (Å²) >= 11 is 0. The second kappa shape index (κ2) is 3.19. The molecule has 4 nitrogen and oxygen atoms in total. The zero-order chi connectivity index (χ0) is 8.32. The molecule has 1 saturated heterocycles. The Morgan fingerprint density at radius 3 is 2.91 bits per heavy atom. The molecule has 1 aliphatic rings. The van der Waals surface area contributed by atoms with Gasteiger partial charge < -0.3 is 10.1 Å². The van der Waals surface area contributed by atoms with Crippen molar-refractivity contribution in [3.05, 3.63) is 0 Å². The minimum Gasteiger partial charge on any atom is -0.382 e. The second-order valence-corrected chi connectivity index (χ2v) is 2.95. The zero-order valence-electron chi connectivity index (χ0n) is 6.94. The summed E-state index contributed by atoms with van der Waals surface area (Å²) in [6, 6.07) is 0. The fraction of sp³-hybridized carbons (Fsp3) is 0.857. The van der Waals surface area contributed by atoms with Gasteiger partial charge in [0.05, 0.1) is 6.61 Å². The molecule has 0 bridgehead atoms. The van der Waals surface area contributed by atoms with E-state index in [2.05, 4.69) is 10.6 Å². The largest absolute Gasteiger partial charge is 0.382 e. The molecule has 0 radical (unpaired) electrons. The Kier molecular flexibility index (Phi) is 2.46. The number of carbonyl (C=O) groups excluding carboxylic acids is 1. The van der Waals surface area contributed by atoms with E-state index >= 15 is 0 Å². The second-order valence-electron chi connectivity index (χ2n) is 2.95. The van der Waals surface area contributed by atoms with E-state index in [0.29, 0.717) is 13.2 Å². The lowest BCUT2D eigenvalue weighted by molar-refractivity contribution is -0.130. The smallest absolute Gasteiger partial charge is 0.242 e. The number of hydrogen-bond donors (Lipinski definition) is 2. The minimum atomic E-state index is -0.535. The molecular formula is C7H14N2O2. The van der Waals surface area contributed by atoms with Crippen molar-refractivity contribution in [1.29, 1.82) is 0 Å². The molecule has 0 spiro atoms. The lowest BCUT2D eigenvalue weighted by Crippen LogP contribution is -2.63. The molecule has 0 aromatic carbocycles. The van der Waals surface area contributed by atoms with Crippen molar-refractivity contribution in [2.75, 3.05) is 26.8 Å². The molecule has 2 N–H and O–H groups in total. The lowest BCUT2D eigenvalue weighted by atomic mass is 10.0. The molecule has 0 saturated carbocycles. The lowest BCUT2D eigenvalue weighted by Gasteiger charge is -2.32. The molecule has 0 aliphatic carbocycles. The van der Waals surface area contributed by atoms with E-state index in [0.717, 1.165) is 6.54 Å². The highest BCUT2D eigenvalue weighted by Gasteiger charge is 2.34. The van der Waals surface area contributed by atoms with Crippen LogP contribution in [0.5, 0.6) is 0 Å². The molecule has 1 rings (SSSR count). The summed E-state index contributed by atoms with van der Waals surface area (Å²) in [6.07, 6.45) is 0. The summed E-state index contributed by atoms with van der Waals surface area (Å²) in [4.78, 5) is 11.3. The van der Waals surface area contributed by atoms with Crippen molar-refractivity contribution in [3.63, 3.8) is 0 Å². The Morgan fingerprint density at radius 2 is 2.36 bits per heavy atom. The first-order valence-electron chi connectivity index (χ1n) is 3.71. The third-order valence-electron chi connectivity index (χ3n) is 1.86. The highest BCUT2D eigenvalue weighted by molar-refractivity contribution is 5.86. The molecule has 1 fully saturated rings. The van der Waals surface area contributed by atoms with E-state index in [4.69, 9.17) is 4.74 Å². The SMILES string of the molecule is COCC1(C)NCCNC1=O. The average molecular weight is 158 g/mol. The topological polar surface area (TPSA) is 50.4 Å². The van der Waals surface area contributed by atoms with Gasteiger partial charge >= 0.3 is 0 Å². The van der Waals surface area contributed by atoms with Crippen LogP contribution in [0.25, 0.3) is 0 Å². The van der Waals surface area contributed by atoms with Crippen LogP contribution in [0.15, 0.2) is 0 Å². The Morgan fingerprint density at radius 1 is 1.64 bits per heavy atom. The van der Waals surface area contributed by atoms with Gasteiger partial charge in [0.1, 0.15) is 5.54 Å². The minimum absolute atomic E-state index is 0.0191. The number of piperazine rings is 1. The molecule has 0 aromatic heterocycles. The summed E-state index contributed by atoms with van der Waals surface area (Å²) in [7, 11) is 1.59. The molecular weight excluding hydrogens is 144 g/mol. The molecule has 4 heteroatoms. The third kappa shape index (κ3) is 1.70. The van der Waals surface area contributed by atoms with Crippen molar-refractivity contribution < 1.29 is 9.53 Å². The van der Waals surface area contributed by atoms with Gasteiger partial charge in [-0.2, -0.15) is 0 Å². The van der Waals surface area contributed by atoms with Crippen LogP contribution >= 0.6 is 0 Å². The van der Waals surface area contributed by atoms with Crippen LogP contribution in [0.4, 0.5) is 0 Å². The maximum atomic E-state index is 11.3. The van der Waals surface area contributed by atoms with Crippen molar-refractivity contribution in [2.24, 2.45) is 0 Å². The first kappa shape index (κ1) is 8.49. The van der Waals surface area contributed by atoms with E-state index in [9.17, 15) is 4.79 Å². The summed E-state index contributed by atoms with van der Waals surface area (Å²) in [6.45, 7) is 3.77. The van der Waals surface area contributed by atoms with E-state index in [1.807, 2.05) is 6.92 Å². The van der Waals surface area contributed by atoms with Crippen LogP contribution in [-0.2, 0) is 9.53 Å². The highest BCUT2D eigenvalue weighted by Crippen LogP contribution is 2.06. The Labute approximate surface area is 66.3 Å². The predicted molar refractivity (Wildman–Crippen MR) is 41.3 cm³/mol. The monoisotopic (exact) mass is 158 g/mol. The van der Waals surface area contributed by atoms with Gasteiger partial charge in [0.25, 0.3) is 0 Å². The number of hydrogen-bond acceptors (Lipinski definition) is 3. The third-order valence-corrected chi connectivity index (χ3v) is 1.86. The van der Waals surface area contributed by atoms with E-state index in [1.54, 1.807) is 7.11 Å². The number of methoxy groups -OCH3 is 1. The summed E-state index contributed by atoms with van der Waals surface area (Å²) < 4.78 is 4.93. The first-order chi connectivity index (χ1) is 5.19. The van der Waals surface area contributed by atoms with Crippen molar-refractivity contribution in [3.8, 4) is 0 Å². The quantitative estimate of drug-likeness (QED) is 0.548. The molecule has 1 amide bonds. The highest BCUT2D eigenvalue weighted by atomic mass is 16.5. The van der Waals surface area contributed by atoms with Crippen LogP contribution in [0.3, 0.4) is 0 Å². The Hall–Kier alpha value is -0.610. The van der Waals surface area contributed by atoms with Crippen LogP contribution in [0.2, 0.25) is 0 Å². The first-order valence-corrected chi connectivity index (χ1v) is 3.71. The molecule has 11 heavy (non-hydrogen) atoms. The molecule has 1 heterocycles. The normalized spacial score (nSPS) is 31.6. The van der Waals surface area contributed by atoms with Gasteiger partial charge in [-0.15, -0.1) is 0 Å². The molecule has 0 aromatic rings. The van der Waals surface area contributed by atoms with E-state index < -0.39 is 5.54 Å². The number of nitrogens with one attached hydrogen (secondary N) is 2. The van der Waals surface area contributed by atoms with Crippen molar-refractivity contribution >= 4 is 5.91 Å². The van der Waals surface area contributed by atoms with Crippen molar-refractivity contribution in [1.82, 2.24) is 10.6 Å². The number of ether oxygens (including phenoxy) is 1. The molecule has 64 valence electrons. The summed E-state index contributed by atoms with van der Waals surface area (Å²) in [5, 5.41) is 5.89. The van der Waals surface area contributed by atoms with Gasteiger partial charge in [0, 0.05) is 20.2 Å². The summed E-state index contributed by atoms with van der Waals surface area (Å²) in [5.41, 5.74) is -0.535. The fourth-order valence-corrected chi connectivity index (χ4v) is 1.20. The van der Waals surface area contributed by atoms with Crippen LogP contribution in [0, 0.1) is 0 Å². The van der Waals surface area contributed by atoms with E-state index in [-0.39, 0.29) is 5.91 Å². The van der Waals surface area contributed by atoms with Crippen molar-refractivity contribution in [2.45, 2.75) is 12.5 Å². The van der Waals surface area contributed by atoms with Gasteiger partial charge in [-0.25, -0.2) is 0 Å². The number of rotatable bonds is 2. The predicted octanol–water partition coefficient (Wildman–Crippen LogP) is -0.889. The van der Waals surface area contributed by atoms with Crippen LogP contribution in [0.1, 0.15) is 6.92 Å². The average Bonchev–Trinajstić information content (AvgIpc) is 1.96. The van der Waals surface area contributed by atoms with Gasteiger partial charge in [0.2, 0.25) is 5.91 Å². The molecule has 1 atom stereocenters. The Bertz CT molecular complexity index is 157. The van der Waals surface area contributed by atoms with Gasteiger partial charge in [-0.1, -0.05) is 0 Å². The molecule has 1 unspecified atom stereocenters. The van der Waals surface area contributed by atoms with E-state index in [1.165, 1.54) is 0 Å². The zero-order valence-corrected chi connectivity index (χ0v) is 6.94. The van der Waals surface area contributed by atoms with Crippen LogP contribution in [-0.4, -0.2) is 38.3 Å². The van der Waals surface area contributed by atoms with Crippen LogP contribution < -0.4 is 10.6 Å². The van der Waals surface area contributed by atoms with Gasteiger partial charge in [0.15, 0.2) is 0 Å². The standard InChI is InChI=1S/C7H14N2O2/c1-7(5-11-2)6(10)8-3-4-9-7/h9H,3-5H2,1-2H3,(H,8,10). The Balaban J connectivity index is 2.57.